The SMILES string of the molecule is C/C(C(=O)O)=C(\C)C(=O)N1CCN(Cc2ccccc2)CC1. The van der Waals surface area contributed by atoms with Gasteiger partial charge in [-0.1, -0.05) is 30.3 Å². The highest BCUT2D eigenvalue weighted by molar-refractivity contribution is 6.01. The van der Waals surface area contributed by atoms with Crippen molar-refractivity contribution in [2.24, 2.45) is 0 Å². The van der Waals surface area contributed by atoms with Gasteiger partial charge in [0.2, 0.25) is 5.91 Å². The quantitative estimate of drug-likeness (QED) is 0.861. The maximum Gasteiger partial charge on any atom is 0.331 e. The van der Waals surface area contributed by atoms with E-state index in [1.54, 1.807) is 11.8 Å². The van der Waals surface area contributed by atoms with Crippen LogP contribution >= 0.6 is 0 Å². The van der Waals surface area contributed by atoms with Crippen molar-refractivity contribution < 1.29 is 14.7 Å². The number of hydrogen-bond acceptors (Lipinski definition) is 3. The van der Waals surface area contributed by atoms with Crippen molar-refractivity contribution in [1.29, 1.82) is 0 Å². The summed E-state index contributed by atoms with van der Waals surface area (Å²) in [6.07, 6.45) is 0. The first kappa shape index (κ1) is 16.2. The predicted molar refractivity (Wildman–Crippen MR) is 84.3 cm³/mol. The lowest BCUT2D eigenvalue weighted by Gasteiger charge is -2.35. The zero-order valence-corrected chi connectivity index (χ0v) is 13.1. The van der Waals surface area contributed by atoms with Gasteiger partial charge >= 0.3 is 5.97 Å². The summed E-state index contributed by atoms with van der Waals surface area (Å²) in [6, 6.07) is 10.2. The van der Waals surface area contributed by atoms with Crippen molar-refractivity contribution in [3.8, 4) is 0 Å². The van der Waals surface area contributed by atoms with Crippen LogP contribution in [0.25, 0.3) is 0 Å². The summed E-state index contributed by atoms with van der Waals surface area (Å²) in [7, 11) is 0. The summed E-state index contributed by atoms with van der Waals surface area (Å²) in [5.74, 6) is -1.20. The Morgan fingerprint density at radius 2 is 1.59 bits per heavy atom. The number of piperazine rings is 1. The molecule has 1 aromatic carbocycles. The van der Waals surface area contributed by atoms with Crippen LogP contribution < -0.4 is 0 Å². The highest BCUT2D eigenvalue weighted by atomic mass is 16.4. The van der Waals surface area contributed by atoms with Gasteiger partial charge in [-0.15, -0.1) is 0 Å². The number of aliphatic carboxylic acids is 1. The van der Waals surface area contributed by atoms with E-state index in [-0.39, 0.29) is 11.5 Å². The summed E-state index contributed by atoms with van der Waals surface area (Å²) >= 11 is 0. The average Bonchev–Trinajstić information content (AvgIpc) is 2.54. The van der Waals surface area contributed by atoms with E-state index >= 15 is 0 Å². The molecule has 1 amide bonds. The molecule has 0 saturated carbocycles. The molecule has 118 valence electrons. The van der Waals surface area contributed by atoms with Gasteiger partial charge in [0, 0.05) is 43.9 Å². The molecular formula is C17H22N2O3. The number of carboxylic acids is 1. The lowest BCUT2D eigenvalue weighted by atomic mass is 10.1. The Kier molecular flexibility index (Phi) is 5.33. The summed E-state index contributed by atoms with van der Waals surface area (Å²) in [6.45, 7) is 6.82. The first-order valence-electron chi connectivity index (χ1n) is 7.45. The smallest absolute Gasteiger partial charge is 0.331 e. The Bertz CT molecular complexity index is 573. The molecule has 22 heavy (non-hydrogen) atoms. The van der Waals surface area contributed by atoms with Crippen molar-refractivity contribution in [1.82, 2.24) is 9.80 Å². The van der Waals surface area contributed by atoms with E-state index < -0.39 is 5.97 Å². The number of carbonyl (C=O) groups excluding carboxylic acids is 1. The van der Waals surface area contributed by atoms with E-state index in [1.165, 1.54) is 12.5 Å². The van der Waals surface area contributed by atoms with Gasteiger partial charge in [-0.3, -0.25) is 9.69 Å². The minimum Gasteiger partial charge on any atom is -0.478 e. The summed E-state index contributed by atoms with van der Waals surface area (Å²) < 4.78 is 0. The zero-order chi connectivity index (χ0) is 16.1. The van der Waals surface area contributed by atoms with Crippen LogP contribution in [0.1, 0.15) is 19.4 Å². The molecule has 1 fully saturated rings. The van der Waals surface area contributed by atoms with Crippen LogP contribution in [-0.2, 0) is 16.1 Å². The lowest BCUT2D eigenvalue weighted by Crippen LogP contribution is -2.48. The lowest BCUT2D eigenvalue weighted by molar-refractivity contribution is -0.134. The standard InChI is InChI=1S/C17H22N2O3/c1-13(14(2)17(21)22)16(20)19-10-8-18(9-11-19)12-15-6-4-3-5-7-15/h3-7H,8-12H2,1-2H3,(H,21,22)/b14-13-. The molecule has 1 aliphatic heterocycles. The number of nitrogens with zero attached hydrogens (tertiary/aromatic N) is 2. The molecule has 1 N–H and O–H groups in total. The molecule has 5 nitrogen and oxygen atoms in total. The van der Waals surface area contributed by atoms with E-state index in [9.17, 15) is 9.59 Å². The number of hydrogen-bond donors (Lipinski definition) is 1. The number of carbonyl (C=O) groups is 2. The first-order chi connectivity index (χ1) is 10.5. The van der Waals surface area contributed by atoms with Gasteiger partial charge in [0.15, 0.2) is 0 Å². The van der Waals surface area contributed by atoms with E-state index in [4.69, 9.17) is 5.11 Å². The maximum atomic E-state index is 12.3. The molecule has 1 aliphatic rings. The number of benzene rings is 1. The fraction of sp³-hybridized carbons (Fsp3) is 0.412. The molecule has 0 bridgehead atoms. The monoisotopic (exact) mass is 302 g/mol. The first-order valence-corrected chi connectivity index (χ1v) is 7.45. The Hall–Kier alpha value is -2.14. The second-order valence-electron chi connectivity index (χ2n) is 5.61. The molecule has 0 unspecified atom stereocenters. The minimum atomic E-state index is -1.03. The molecule has 0 aliphatic carbocycles. The molecule has 2 rings (SSSR count). The van der Waals surface area contributed by atoms with E-state index in [0.29, 0.717) is 18.7 Å². The summed E-state index contributed by atoms with van der Waals surface area (Å²) in [4.78, 5) is 27.3. The van der Waals surface area contributed by atoms with E-state index in [2.05, 4.69) is 17.0 Å². The van der Waals surface area contributed by atoms with Gasteiger partial charge in [-0.25, -0.2) is 4.79 Å². The topological polar surface area (TPSA) is 60.9 Å². The predicted octanol–water partition coefficient (Wildman–Crippen LogP) is 1.75. The summed E-state index contributed by atoms with van der Waals surface area (Å²) in [5, 5.41) is 8.97. The Balaban J connectivity index is 1.91. The third-order valence-electron chi connectivity index (χ3n) is 4.11. The van der Waals surface area contributed by atoms with Gasteiger partial charge in [0.1, 0.15) is 0 Å². The van der Waals surface area contributed by atoms with E-state index in [1.807, 2.05) is 18.2 Å². The molecule has 5 heteroatoms. The third-order valence-corrected chi connectivity index (χ3v) is 4.11. The van der Waals surface area contributed by atoms with Crippen LogP contribution in [0.2, 0.25) is 0 Å². The van der Waals surface area contributed by atoms with Crippen molar-refractivity contribution >= 4 is 11.9 Å². The fourth-order valence-corrected chi connectivity index (χ4v) is 2.51. The van der Waals surface area contributed by atoms with Crippen molar-refractivity contribution in [2.75, 3.05) is 26.2 Å². The molecule has 0 spiro atoms. The second-order valence-corrected chi connectivity index (χ2v) is 5.61. The Labute approximate surface area is 130 Å². The minimum absolute atomic E-state index is 0.122. The van der Waals surface area contributed by atoms with Gasteiger partial charge in [0.05, 0.1) is 0 Å². The maximum absolute atomic E-state index is 12.3. The van der Waals surface area contributed by atoms with Crippen LogP contribution in [0.4, 0.5) is 0 Å². The molecule has 0 atom stereocenters. The highest BCUT2D eigenvalue weighted by Gasteiger charge is 2.23. The van der Waals surface area contributed by atoms with Crippen LogP contribution in [-0.4, -0.2) is 53.0 Å². The van der Waals surface area contributed by atoms with Crippen molar-refractivity contribution in [3.05, 3.63) is 47.0 Å². The molecule has 0 aromatic heterocycles. The largest absolute Gasteiger partial charge is 0.478 e. The van der Waals surface area contributed by atoms with E-state index in [0.717, 1.165) is 19.6 Å². The van der Waals surface area contributed by atoms with Crippen LogP contribution in [0.5, 0.6) is 0 Å². The number of carboxylic acid groups (broad SMARTS) is 1. The number of amides is 1. The normalized spacial score (nSPS) is 17.1. The van der Waals surface area contributed by atoms with Crippen molar-refractivity contribution in [2.45, 2.75) is 20.4 Å². The summed E-state index contributed by atoms with van der Waals surface area (Å²) in [5.41, 5.74) is 1.71. The zero-order valence-electron chi connectivity index (χ0n) is 13.1. The highest BCUT2D eigenvalue weighted by Crippen LogP contribution is 2.13. The van der Waals surface area contributed by atoms with Crippen LogP contribution in [0, 0.1) is 0 Å². The average molecular weight is 302 g/mol. The Morgan fingerprint density at radius 3 is 2.14 bits per heavy atom. The Morgan fingerprint density at radius 1 is 1.00 bits per heavy atom. The number of rotatable bonds is 4. The van der Waals surface area contributed by atoms with Crippen molar-refractivity contribution in [3.63, 3.8) is 0 Å². The molecular weight excluding hydrogens is 280 g/mol. The third kappa shape index (κ3) is 3.95. The van der Waals surface area contributed by atoms with Gasteiger partial charge in [-0.05, 0) is 19.4 Å². The van der Waals surface area contributed by atoms with Crippen LogP contribution in [0.15, 0.2) is 41.5 Å². The van der Waals surface area contributed by atoms with Crippen LogP contribution in [0.3, 0.4) is 0 Å². The van der Waals surface area contributed by atoms with Gasteiger partial charge < -0.3 is 10.0 Å². The molecule has 0 radical (unpaired) electrons. The fourth-order valence-electron chi connectivity index (χ4n) is 2.51. The molecule has 1 saturated heterocycles. The molecule has 1 aromatic rings. The van der Waals surface area contributed by atoms with Gasteiger partial charge in [-0.2, -0.15) is 0 Å². The van der Waals surface area contributed by atoms with Gasteiger partial charge in [0.25, 0.3) is 0 Å². The molecule has 1 heterocycles. The second kappa shape index (κ2) is 7.22.